The van der Waals surface area contributed by atoms with Crippen LogP contribution >= 0.6 is 0 Å². The first-order chi connectivity index (χ1) is 9.86. The van der Waals surface area contributed by atoms with Crippen molar-refractivity contribution in [2.75, 3.05) is 18.0 Å². The molecule has 20 heavy (non-hydrogen) atoms. The van der Waals surface area contributed by atoms with E-state index in [9.17, 15) is 0 Å². The van der Waals surface area contributed by atoms with Crippen LogP contribution < -0.4 is 4.90 Å². The van der Waals surface area contributed by atoms with Gasteiger partial charge in [-0.1, -0.05) is 11.2 Å². The lowest BCUT2D eigenvalue weighted by molar-refractivity contribution is 0.411. The highest BCUT2D eigenvalue weighted by atomic mass is 16.5. The van der Waals surface area contributed by atoms with E-state index < -0.39 is 0 Å². The van der Waals surface area contributed by atoms with Crippen molar-refractivity contribution in [1.82, 2.24) is 15.1 Å². The van der Waals surface area contributed by atoms with Crippen LogP contribution in [0.2, 0.25) is 0 Å². The molecule has 0 atom stereocenters. The van der Waals surface area contributed by atoms with Crippen LogP contribution in [-0.2, 0) is 0 Å². The van der Waals surface area contributed by atoms with Crippen LogP contribution in [-0.4, -0.2) is 28.2 Å². The molecule has 104 valence electrons. The van der Waals surface area contributed by atoms with Gasteiger partial charge >= 0.3 is 0 Å². The van der Waals surface area contributed by atoms with E-state index in [-0.39, 0.29) is 0 Å². The van der Waals surface area contributed by atoms with Crippen LogP contribution in [0.5, 0.6) is 0 Å². The molecule has 0 radical (unpaired) electrons. The van der Waals surface area contributed by atoms with Gasteiger partial charge in [-0.25, -0.2) is 4.98 Å². The quantitative estimate of drug-likeness (QED) is 0.857. The largest absolute Gasteiger partial charge is 0.357 e. The van der Waals surface area contributed by atoms with Crippen LogP contribution in [0, 0.1) is 0 Å². The van der Waals surface area contributed by atoms with Crippen molar-refractivity contribution in [3.63, 3.8) is 0 Å². The summed E-state index contributed by atoms with van der Waals surface area (Å²) in [6.07, 6.45) is 9.29. The highest BCUT2D eigenvalue weighted by molar-refractivity contribution is 5.57. The Morgan fingerprint density at radius 1 is 1.20 bits per heavy atom. The molecule has 0 bridgehead atoms. The Bertz CT molecular complexity index is 582. The van der Waals surface area contributed by atoms with Gasteiger partial charge in [-0.2, -0.15) is 4.98 Å². The van der Waals surface area contributed by atoms with Crippen molar-refractivity contribution in [1.29, 1.82) is 0 Å². The zero-order chi connectivity index (χ0) is 13.8. The number of allylic oxidation sites excluding steroid dienone is 1. The second-order valence-corrected chi connectivity index (χ2v) is 4.91. The van der Waals surface area contributed by atoms with E-state index in [1.165, 1.54) is 19.3 Å². The second-order valence-electron chi connectivity index (χ2n) is 4.91. The Hall–Kier alpha value is -2.17. The number of hydrogen-bond acceptors (Lipinski definition) is 5. The van der Waals surface area contributed by atoms with E-state index in [0.29, 0.717) is 11.7 Å². The zero-order valence-corrected chi connectivity index (χ0v) is 11.6. The molecule has 0 saturated carbocycles. The number of aromatic nitrogens is 3. The lowest BCUT2D eigenvalue weighted by Gasteiger charge is -2.27. The van der Waals surface area contributed by atoms with Crippen LogP contribution in [0.25, 0.3) is 17.5 Å². The highest BCUT2D eigenvalue weighted by Gasteiger charge is 2.13. The van der Waals surface area contributed by atoms with Gasteiger partial charge < -0.3 is 9.42 Å². The summed E-state index contributed by atoms with van der Waals surface area (Å²) in [7, 11) is 0. The lowest BCUT2D eigenvalue weighted by Crippen LogP contribution is -2.29. The Balaban J connectivity index is 1.77. The smallest absolute Gasteiger partial charge is 0.250 e. The fraction of sp³-hybridized carbons (Fsp3) is 0.400. The Labute approximate surface area is 118 Å². The van der Waals surface area contributed by atoms with Crippen LogP contribution in [0.1, 0.15) is 32.1 Å². The summed E-state index contributed by atoms with van der Waals surface area (Å²) in [6.45, 7) is 4.11. The number of nitrogens with zero attached hydrogens (tertiary/aromatic N) is 4. The fourth-order valence-electron chi connectivity index (χ4n) is 2.39. The summed E-state index contributed by atoms with van der Waals surface area (Å²) in [5.74, 6) is 2.13. The van der Waals surface area contributed by atoms with Crippen molar-refractivity contribution in [3.8, 4) is 11.4 Å². The van der Waals surface area contributed by atoms with Crippen molar-refractivity contribution >= 4 is 11.9 Å². The van der Waals surface area contributed by atoms with Crippen molar-refractivity contribution in [2.24, 2.45) is 0 Å². The molecule has 5 heteroatoms. The number of pyridine rings is 1. The van der Waals surface area contributed by atoms with Gasteiger partial charge in [-0.05, 0) is 44.4 Å². The molecule has 5 nitrogen and oxygen atoms in total. The summed E-state index contributed by atoms with van der Waals surface area (Å²) in [5, 5.41) is 3.96. The maximum atomic E-state index is 5.12. The summed E-state index contributed by atoms with van der Waals surface area (Å²) in [4.78, 5) is 11.1. The monoisotopic (exact) mass is 270 g/mol. The number of piperidine rings is 1. The van der Waals surface area contributed by atoms with Gasteiger partial charge in [0.05, 0.1) is 0 Å². The molecule has 0 aliphatic carbocycles. The topological polar surface area (TPSA) is 55.1 Å². The van der Waals surface area contributed by atoms with E-state index in [4.69, 9.17) is 4.52 Å². The van der Waals surface area contributed by atoms with Gasteiger partial charge in [0.2, 0.25) is 5.82 Å². The molecule has 1 aliphatic heterocycles. The van der Waals surface area contributed by atoms with Gasteiger partial charge in [0, 0.05) is 24.8 Å². The third kappa shape index (κ3) is 2.71. The first kappa shape index (κ1) is 12.8. The van der Waals surface area contributed by atoms with Crippen molar-refractivity contribution in [2.45, 2.75) is 26.2 Å². The molecule has 3 heterocycles. The molecular weight excluding hydrogens is 252 g/mol. The maximum absolute atomic E-state index is 5.12. The number of rotatable bonds is 3. The molecule has 0 N–H and O–H groups in total. The van der Waals surface area contributed by atoms with Gasteiger partial charge in [0.1, 0.15) is 5.82 Å². The predicted molar refractivity (Wildman–Crippen MR) is 78.3 cm³/mol. The molecule has 1 fully saturated rings. The van der Waals surface area contributed by atoms with Gasteiger partial charge in [-0.3, -0.25) is 0 Å². The third-order valence-electron chi connectivity index (χ3n) is 3.44. The van der Waals surface area contributed by atoms with Crippen LogP contribution in [0.15, 0.2) is 28.9 Å². The molecule has 2 aromatic rings. The molecule has 0 aromatic carbocycles. The SMILES string of the molecule is C/C=C/c1nc(-c2ccc(N3CCCCC3)nc2)no1. The van der Waals surface area contributed by atoms with Crippen LogP contribution in [0.4, 0.5) is 5.82 Å². The summed E-state index contributed by atoms with van der Waals surface area (Å²) >= 11 is 0. The molecular formula is C15H18N4O. The molecule has 0 amide bonds. The molecule has 0 spiro atoms. The lowest BCUT2D eigenvalue weighted by atomic mass is 10.1. The van der Waals surface area contributed by atoms with E-state index in [1.807, 2.05) is 31.3 Å². The zero-order valence-electron chi connectivity index (χ0n) is 11.6. The fourth-order valence-corrected chi connectivity index (χ4v) is 2.39. The summed E-state index contributed by atoms with van der Waals surface area (Å²) in [6, 6.07) is 4.04. The third-order valence-corrected chi connectivity index (χ3v) is 3.44. The Kier molecular flexibility index (Phi) is 3.76. The second kappa shape index (κ2) is 5.86. The van der Waals surface area contributed by atoms with Gasteiger partial charge in [0.15, 0.2) is 0 Å². The van der Waals surface area contributed by atoms with E-state index >= 15 is 0 Å². The van der Waals surface area contributed by atoms with E-state index in [1.54, 1.807) is 6.08 Å². The maximum Gasteiger partial charge on any atom is 0.250 e. The van der Waals surface area contributed by atoms with E-state index in [0.717, 1.165) is 24.5 Å². The standard InChI is InChI=1S/C15H18N4O/c1-2-6-14-17-15(18-20-14)12-7-8-13(16-11-12)19-9-4-3-5-10-19/h2,6-8,11H,3-5,9-10H2,1H3/b6-2+. The summed E-state index contributed by atoms with van der Waals surface area (Å²) in [5.41, 5.74) is 0.880. The number of hydrogen-bond donors (Lipinski definition) is 0. The molecule has 3 rings (SSSR count). The Morgan fingerprint density at radius 2 is 2.05 bits per heavy atom. The minimum Gasteiger partial charge on any atom is -0.357 e. The van der Waals surface area contributed by atoms with Crippen molar-refractivity contribution < 1.29 is 4.52 Å². The average Bonchev–Trinajstić information content (AvgIpc) is 2.97. The molecule has 1 saturated heterocycles. The molecule has 1 aliphatic rings. The normalized spacial score (nSPS) is 15.9. The van der Waals surface area contributed by atoms with Gasteiger partial charge in [-0.15, -0.1) is 0 Å². The molecule has 0 unspecified atom stereocenters. The van der Waals surface area contributed by atoms with E-state index in [2.05, 4.69) is 20.0 Å². The highest BCUT2D eigenvalue weighted by Crippen LogP contribution is 2.21. The first-order valence-electron chi connectivity index (χ1n) is 7.04. The summed E-state index contributed by atoms with van der Waals surface area (Å²) < 4.78 is 5.12. The number of anilines is 1. The first-order valence-corrected chi connectivity index (χ1v) is 7.04. The predicted octanol–water partition coefficient (Wildman–Crippen LogP) is 3.16. The average molecular weight is 270 g/mol. The van der Waals surface area contributed by atoms with Crippen LogP contribution in [0.3, 0.4) is 0 Å². The minimum absolute atomic E-state index is 0.516. The Morgan fingerprint density at radius 3 is 2.75 bits per heavy atom. The van der Waals surface area contributed by atoms with Gasteiger partial charge in [0.25, 0.3) is 5.89 Å². The molecule has 2 aromatic heterocycles. The minimum atomic E-state index is 0.516. The van der Waals surface area contributed by atoms with Crippen molar-refractivity contribution in [3.05, 3.63) is 30.3 Å².